The highest BCUT2D eigenvalue weighted by molar-refractivity contribution is 6.02. The molecular formula is C13H17NO6. The van der Waals surface area contributed by atoms with E-state index in [0.29, 0.717) is 12.5 Å². The van der Waals surface area contributed by atoms with Gasteiger partial charge in [-0.2, -0.15) is 0 Å². The van der Waals surface area contributed by atoms with Crippen molar-refractivity contribution in [2.24, 2.45) is 0 Å². The highest BCUT2D eigenvalue weighted by Crippen LogP contribution is 2.43. The Labute approximate surface area is 115 Å². The predicted molar refractivity (Wildman–Crippen MR) is 71.2 cm³/mol. The molecule has 0 heterocycles. The van der Waals surface area contributed by atoms with Gasteiger partial charge in [-0.25, -0.2) is 0 Å². The van der Waals surface area contributed by atoms with E-state index >= 15 is 0 Å². The molecule has 7 heteroatoms. The largest absolute Gasteiger partial charge is 0.507 e. The van der Waals surface area contributed by atoms with Crippen LogP contribution in [0.1, 0.15) is 49.4 Å². The van der Waals surface area contributed by atoms with Crippen molar-refractivity contribution in [3.05, 3.63) is 21.7 Å². The maximum Gasteiger partial charge on any atom is 0.352 e. The fourth-order valence-corrected chi connectivity index (χ4v) is 1.92. The number of rotatable bonds is 7. The van der Waals surface area contributed by atoms with Crippen molar-refractivity contribution in [3.8, 4) is 17.2 Å². The van der Waals surface area contributed by atoms with E-state index < -0.39 is 39.2 Å². The Kier molecular flexibility index (Phi) is 5.31. The molecule has 0 fully saturated rings. The van der Waals surface area contributed by atoms with Crippen LogP contribution in [0.25, 0.3) is 0 Å². The zero-order valence-corrected chi connectivity index (χ0v) is 11.1. The standard InChI is InChI=1S/C13H17NO6/c1-2-3-4-5-6-8(15)11-9(16)7-10(17)12(13(11)18)14(19)20/h7,16-18H,2-6H2,1H3. The maximum atomic E-state index is 11.9. The van der Waals surface area contributed by atoms with E-state index in [1.165, 1.54) is 0 Å². The predicted octanol–water partition coefficient (Wildman–Crippen LogP) is 2.86. The second kappa shape index (κ2) is 6.74. The van der Waals surface area contributed by atoms with Crippen LogP contribution in [-0.4, -0.2) is 26.0 Å². The summed E-state index contributed by atoms with van der Waals surface area (Å²) < 4.78 is 0. The number of aromatic hydroxyl groups is 3. The van der Waals surface area contributed by atoms with E-state index in [0.717, 1.165) is 19.3 Å². The SMILES string of the molecule is CCCCCCC(=O)c1c(O)cc(O)c([N+](=O)[O-])c1O. The molecule has 0 atom stereocenters. The lowest BCUT2D eigenvalue weighted by Gasteiger charge is -2.08. The Hall–Kier alpha value is -2.31. The molecule has 7 nitrogen and oxygen atoms in total. The summed E-state index contributed by atoms with van der Waals surface area (Å²) in [5, 5.41) is 39.3. The van der Waals surface area contributed by atoms with E-state index in [4.69, 9.17) is 0 Å². The number of unbranched alkanes of at least 4 members (excludes halogenated alkanes) is 3. The van der Waals surface area contributed by atoms with Gasteiger partial charge in [0.1, 0.15) is 11.3 Å². The number of ketones is 1. The summed E-state index contributed by atoms with van der Waals surface area (Å²) in [7, 11) is 0. The summed E-state index contributed by atoms with van der Waals surface area (Å²) in [6.45, 7) is 2.02. The highest BCUT2D eigenvalue weighted by Gasteiger charge is 2.29. The number of phenolic OH excluding ortho intramolecular Hbond substituents is 3. The first-order chi connectivity index (χ1) is 9.40. The van der Waals surface area contributed by atoms with Gasteiger partial charge in [0.15, 0.2) is 5.78 Å². The normalized spacial score (nSPS) is 10.4. The molecule has 0 aromatic heterocycles. The smallest absolute Gasteiger partial charge is 0.352 e. The van der Waals surface area contributed by atoms with E-state index in [2.05, 4.69) is 0 Å². The topological polar surface area (TPSA) is 121 Å². The van der Waals surface area contributed by atoms with E-state index in [9.17, 15) is 30.2 Å². The Balaban J connectivity index is 3.02. The molecule has 0 aliphatic rings. The molecule has 0 aliphatic carbocycles. The van der Waals surface area contributed by atoms with Gasteiger partial charge in [-0.05, 0) is 6.42 Å². The number of phenols is 3. The second-order valence-corrected chi connectivity index (χ2v) is 4.48. The number of carbonyl (C=O) groups is 1. The van der Waals surface area contributed by atoms with Gasteiger partial charge >= 0.3 is 5.69 Å². The number of hydrogen-bond acceptors (Lipinski definition) is 6. The van der Waals surface area contributed by atoms with Crippen LogP contribution in [0.15, 0.2) is 6.07 Å². The average molecular weight is 283 g/mol. The fourth-order valence-electron chi connectivity index (χ4n) is 1.92. The van der Waals surface area contributed by atoms with Gasteiger partial charge in [0.2, 0.25) is 11.5 Å². The fraction of sp³-hybridized carbons (Fsp3) is 0.462. The first kappa shape index (κ1) is 15.7. The molecule has 0 aliphatic heterocycles. The van der Waals surface area contributed by atoms with Gasteiger partial charge in [0, 0.05) is 12.5 Å². The molecular weight excluding hydrogens is 266 g/mol. The van der Waals surface area contributed by atoms with Crippen molar-refractivity contribution in [2.75, 3.05) is 0 Å². The minimum absolute atomic E-state index is 0.0725. The van der Waals surface area contributed by atoms with Gasteiger partial charge in [0.05, 0.1) is 4.92 Å². The molecule has 0 radical (unpaired) electrons. The zero-order valence-electron chi connectivity index (χ0n) is 11.1. The summed E-state index contributed by atoms with van der Waals surface area (Å²) in [6, 6.07) is 0.692. The number of carbonyl (C=O) groups excluding carboxylic acids is 1. The molecule has 0 saturated carbocycles. The molecule has 3 N–H and O–H groups in total. The van der Waals surface area contributed by atoms with Crippen LogP contribution in [0, 0.1) is 10.1 Å². The van der Waals surface area contributed by atoms with Crippen LogP contribution < -0.4 is 0 Å². The van der Waals surface area contributed by atoms with Gasteiger partial charge in [-0.15, -0.1) is 0 Å². The molecule has 0 saturated heterocycles. The van der Waals surface area contributed by atoms with Gasteiger partial charge < -0.3 is 15.3 Å². The van der Waals surface area contributed by atoms with Crippen LogP contribution in [0.3, 0.4) is 0 Å². The van der Waals surface area contributed by atoms with Crippen molar-refractivity contribution in [2.45, 2.75) is 39.0 Å². The highest BCUT2D eigenvalue weighted by atomic mass is 16.6. The minimum Gasteiger partial charge on any atom is -0.507 e. The molecule has 1 aromatic rings. The minimum atomic E-state index is -1.00. The zero-order chi connectivity index (χ0) is 15.3. The molecule has 0 unspecified atom stereocenters. The summed E-state index contributed by atoms with van der Waals surface area (Å²) in [5.41, 5.74) is -1.48. The Morgan fingerprint density at radius 3 is 2.40 bits per heavy atom. The Bertz CT molecular complexity index is 526. The van der Waals surface area contributed by atoms with Gasteiger partial charge in [0.25, 0.3) is 0 Å². The molecule has 20 heavy (non-hydrogen) atoms. The van der Waals surface area contributed by atoms with Crippen molar-refractivity contribution < 1.29 is 25.0 Å². The third kappa shape index (κ3) is 3.37. The molecule has 0 bridgehead atoms. The maximum absolute atomic E-state index is 11.9. The second-order valence-electron chi connectivity index (χ2n) is 4.48. The van der Waals surface area contributed by atoms with E-state index in [1.807, 2.05) is 6.92 Å². The third-order valence-corrected chi connectivity index (χ3v) is 2.95. The first-order valence-electron chi connectivity index (χ1n) is 6.35. The number of nitro benzene ring substituents is 1. The summed E-state index contributed by atoms with van der Waals surface area (Å²) >= 11 is 0. The van der Waals surface area contributed by atoms with E-state index in [-0.39, 0.29) is 6.42 Å². The Morgan fingerprint density at radius 1 is 1.20 bits per heavy atom. The van der Waals surface area contributed by atoms with Crippen molar-refractivity contribution >= 4 is 11.5 Å². The number of hydrogen-bond donors (Lipinski definition) is 3. The van der Waals surface area contributed by atoms with Crippen LogP contribution in [0.5, 0.6) is 17.2 Å². The summed E-state index contributed by atoms with van der Waals surface area (Å²) in [5.74, 6) is -3.12. The van der Waals surface area contributed by atoms with Gasteiger partial charge in [-0.3, -0.25) is 14.9 Å². The number of benzene rings is 1. The quantitative estimate of drug-likeness (QED) is 0.306. The molecule has 1 aromatic carbocycles. The van der Waals surface area contributed by atoms with Crippen molar-refractivity contribution in [1.82, 2.24) is 0 Å². The average Bonchev–Trinajstić information content (AvgIpc) is 2.33. The molecule has 0 amide bonds. The van der Waals surface area contributed by atoms with Crippen molar-refractivity contribution in [3.63, 3.8) is 0 Å². The van der Waals surface area contributed by atoms with E-state index in [1.54, 1.807) is 0 Å². The third-order valence-electron chi connectivity index (χ3n) is 2.95. The van der Waals surface area contributed by atoms with Gasteiger partial charge in [-0.1, -0.05) is 26.2 Å². The lowest BCUT2D eigenvalue weighted by Crippen LogP contribution is -2.02. The molecule has 110 valence electrons. The number of nitrogens with zero attached hydrogens (tertiary/aromatic N) is 1. The Morgan fingerprint density at radius 2 is 1.85 bits per heavy atom. The first-order valence-corrected chi connectivity index (χ1v) is 6.35. The van der Waals surface area contributed by atoms with Crippen LogP contribution in [0.2, 0.25) is 0 Å². The lowest BCUT2D eigenvalue weighted by molar-refractivity contribution is -0.386. The molecule has 0 spiro atoms. The number of Topliss-reactive ketones (excluding diaryl/α,β-unsaturated/α-hetero) is 1. The lowest BCUT2D eigenvalue weighted by atomic mass is 10.0. The molecule has 1 rings (SSSR count). The van der Waals surface area contributed by atoms with Crippen LogP contribution in [0.4, 0.5) is 5.69 Å². The summed E-state index contributed by atoms with van der Waals surface area (Å²) in [6.07, 6.45) is 3.42. The summed E-state index contributed by atoms with van der Waals surface area (Å²) in [4.78, 5) is 21.6. The monoisotopic (exact) mass is 283 g/mol. The number of nitro groups is 1. The van der Waals surface area contributed by atoms with Crippen molar-refractivity contribution in [1.29, 1.82) is 0 Å². The van der Waals surface area contributed by atoms with Crippen LogP contribution >= 0.6 is 0 Å². The van der Waals surface area contributed by atoms with Crippen LogP contribution in [-0.2, 0) is 0 Å².